The van der Waals surface area contributed by atoms with Gasteiger partial charge in [0.15, 0.2) is 0 Å². The monoisotopic (exact) mass is 502 g/mol. The van der Waals surface area contributed by atoms with E-state index < -0.39 is 5.60 Å². The highest BCUT2D eigenvalue weighted by Gasteiger charge is 2.29. The maximum absolute atomic E-state index is 12.3. The van der Waals surface area contributed by atoms with E-state index in [1.165, 1.54) is 0 Å². The van der Waals surface area contributed by atoms with Gasteiger partial charge in [-0.25, -0.2) is 9.78 Å². The van der Waals surface area contributed by atoms with Gasteiger partial charge < -0.3 is 14.5 Å². The summed E-state index contributed by atoms with van der Waals surface area (Å²) >= 11 is 8.41. The lowest BCUT2D eigenvalue weighted by atomic mass is 10.0. The smallest absolute Gasteiger partial charge is 0.410 e. The second-order valence-electron chi connectivity index (χ2n) is 7.79. The Morgan fingerprint density at radius 2 is 1.96 bits per heavy atom. The number of nitrogens with zero attached hydrogens (tertiary/aromatic N) is 4. The maximum atomic E-state index is 12.3. The van der Waals surface area contributed by atoms with Crippen LogP contribution in [-0.2, 0) is 4.74 Å². The first-order valence-corrected chi connectivity index (χ1v) is 10.4. The lowest BCUT2D eigenvalue weighted by Gasteiger charge is -2.37. The fourth-order valence-electron chi connectivity index (χ4n) is 3.12. The molecule has 27 heavy (non-hydrogen) atoms. The van der Waals surface area contributed by atoms with E-state index in [1.807, 2.05) is 46.1 Å². The Bertz CT molecular complexity index is 847. The van der Waals surface area contributed by atoms with Crippen LogP contribution in [0.1, 0.15) is 33.6 Å². The molecule has 1 aromatic carbocycles. The van der Waals surface area contributed by atoms with Gasteiger partial charge in [0, 0.05) is 29.7 Å². The summed E-state index contributed by atoms with van der Waals surface area (Å²) in [6.45, 7) is 7.28. The Kier molecular flexibility index (Phi) is 6.00. The number of amides is 1. The standard InChI is InChI=1S/C19H24ClIN4O2/c1-19(2,3)27-18(26)24(4)12-5-7-25(8-6-12)17-11-22-15-10-14(21)13(20)9-16(15)23-17/h9-12H,5-8H2,1-4H3. The zero-order valence-electron chi connectivity index (χ0n) is 16.0. The van der Waals surface area contributed by atoms with Gasteiger partial charge >= 0.3 is 6.09 Å². The van der Waals surface area contributed by atoms with Gasteiger partial charge in [0.25, 0.3) is 0 Å². The minimum Gasteiger partial charge on any atom is -0.444 e. The number of hydrogen-bond donors (Lipinski definition) is 0. The molecule has 3 rings (SSSR count). The second-order valence-corrected chi connectivity index (χ2v) is 9.36. The van der Waals surface area contributed by atoms with E-state index in [-0.39, 0.29) is 12.1 Å². The fourth-order valence-corrected chi connectivity index (χ4v) is 3.72. The molecule has 1 amide bonds. The maximum Gasteiger partial charge on any atom is 0.410 e. The molecule has 1 aliphatic heterocycles. The van der Waals surface area contributed by atoms with Crippen molar-refractivity contribution in [3.05, 3.63) is 26.9 Å². The van der Waals surface area contributed by atoms with Crippen molar-refractivity contribution in [3.8, 4) is 0 Å². The zero-order chi connectivity index (χ0) is 19.8. The van der Waals surface area contributed by atoms with E-state index in [0.29, 0.717) is 5.02 Å². The molecule has 0 N–H and O–H groups in total. The Labute approximate surface area is 178 Å². The van der Waals surface area contributed by atoms with Crippen LogP contribution in [0.2, 0.25) is 5.02 Å². The molecule has 0 radical (unpaired) electrons. The van der Waals surface area contributed by atoms with Crippen LogP contribution < -0.4 is 4.90 Å². The highest BCUT2D eigenvalue weighted by Crippen LogP contribution is 2.26. The molecule has 0 unspecified atom stereocenters. The molecule has 6 nitrogen and oxygen atoms in total. The molecule has 2 heterocycles. The second kappa shape index (κ2) is 7.95. The van der Waals surface area contributed by atoms with Crippen LogP contribution in [0.5, 0.6) is 0 Å². The molecule has 1 fully saturated rings. The number of aromatic nitrogens is 2. The Morgan fingerprint density at radius 3 is 2.59 bits per heavy atom. The Hall–Kier alpha value is -1.35. The van der Waals surface area contributed by atoms with Crippen LogP contribution in [0.4, 0.5) is 10.6 Å². The van der Waals surface area contributed by atoms with Crippen molar-refractivity contribution in [2.75, 3.05) is 25.0 Å². The van der Waals surface area contributed by atoms with E-state index in [1.54, 1.807) is 4.90 Å². The van der Waals surface area contributed by atoms with E-state index >= 15 is 0 Å². The van der Waals surface area contributed by atoms with E-state index in [4.69, 9.17) is 21.3 Å². The van der Waals surface area contributed by atoms with Crippen molar-refractivity contribution in [2.24, 2.45) is 0 Å². The number of hydrogen-bond acceptors (Lipinski definition) is 5. The average Bonchev–Trinajstić information content (AvgIpc) is 2.60. The minimum atomic E-state index is -0.480. The molecular formula is C19H24ClIN4O2. The van der Waals surface area contributed by atoms with Crippen LogP contribution in [0.25, 0.3) is 11.0 Å². The Morgan fingerprint density at radius 1 is 1.30 bits per heavy atom. The summed E-state index contributed by atoms with van der Waals surface area (Å²) in [6.07, 6.45) is 3.27. The summed E-state index contributed by atoms with van der Waals surface area (Å²) in [5.41, 5.74) is 1.16. The molecule has 1 aliphatic rings. The summed E-state index contributed by atoms with van der Waals surface area (Å²) in [5, 5.41) is 0.687. The number of rotatable bonds is 2. The number of halogens is 2. The fraction of sp³-hybridized carbons (Fsp3) is 0.526. The summed E-state index contributed by atoms with van der Waals surface area (Å²) < 4.78 is 6.44. The van der Waals surface area contributed by atoms with Crippen molar-refractivity contribution in [1.82, 2.24) is 14.9 Å². The molecule has 0 atom stereocenters. The Balaban J connectivity index is 1.66. The van der Waals surface area contributed by atoms with Gasteiger partial charge in [-0.15, -0.1) is 0 Å². The largest absolute Gasteiger partial charge is 0.444 e. The van der Waals surface area contributed by atoms with Gasteiger partial charge in [0.05, 0.1) is 22.3 Å². The molecule has 1 aromatic heterocycles. The van der Waals surface area contributed by atoms with Crippen LogP contribution in [0.15, 0.2) is 18.3 Å². The molecule has 0 spiro atoms. The topological polar surface area (TPSA) is 58.6 Å². The van der Waals surface area contributed by atoms with Crippen LogP contribution >= 0.6 is 34.2 Å². The molecular weight excluding hydrogens is 479 g/mol. The third kappa shape index (κ3) is 4.93. The number of fused-ring (bicyclic) bond motifs is 1. The highest BCUT2D eigenvalue weighted by molar-refractivity contribution is 14.1. The minimum absolute atomic E-state index is 0.167. The van der Waals surface area contributed by atoms with Crippen LogP contribution in [0.3, 0.4) is 0 Å². The number of piperidine rings is 1. The SMILES string of the molecule is CN(C(=O)OC(C)(C)C)C1CCN(c2cnc3cc(I)c(Cl)cc3n2)CC1. The molecule has 1 saturated heterocycles. The van der Waals surface area contributed by atoms with Gasteiger partial charge in [0.2, 0.25) is 0 Å². The molecule has 8 heteroatoms. The van der Waals surface area contributed by atoms with Gasteiger partial charge in [-0.2, -0.15) is 0 Å². The third-order valence-electron chi connectivity index (χ3n) is 4.59. The van der Waals surface area contributed by atoms with E-state index in [0.717, 1.165) is 46.4 Å². The van der Waals surface area contributed by atoms with Crippen molar-refractivity contribution >= 4 is 57.1 Å². The van der Waals surface area contributed by atoms with Crippen molar-refractivity contribution < 1.29 is 9.53 Å². The number of ether oxygens (including phenoxy) is 1. The van der Waals surface area contributed by atoms with Crippen molar-refractivity contribution in [1.29, 1.82) is 0 Å². The van der Waals surface area contributed by atoms with Gasteiger partial charge in [-0.05, 0) is 68.3 Å². The first kappa shape index (κ1) is 20.4. The average molecular weight is 503 g/mol. The summed E-state index contributed by atoms with van der Waals surface area (Å²) in [7, 11) is 1.81. The van der Waals surface area contributed by atoms with Gasteiger partial charge in [-0.3, -0.25) is 4.98 Å². The third-order valence-corrected chi connectivity index (χ3v) is 6.11. The number of carbonyl (C=O) groups is 1. The molecule has 0 saturated carbocycles. The highest BCUT2D eigenvalue weighted by atomic mass is 127. The van der Waals surface area contributed by atoms with Gasteiger partial charge in [0.1, 0.15) is 11.4 Å². The first-order chi connectivity index (χ1) is 12.6. The summed E-state index contributed by atoms with van der Waals surface area (Å²) in [5.74, 6) is 0.846. The molecule has 0 bridgehead atoms. The first-order valence-electron chi connectivity index (χ1n) is 8.96. The number of benzene rings is 1. The molecule has 146 valence electrons. The quantitative estimate of drug-likeness (QED) is 0.556. The van der Waals surface area contributed by atoms with Crippen molar-refractivity contribution in [3.63, 3.8) is 0 Å². The summed E-state index contributed by atoms with van der Waals surface area (Å²) in [6, 6.07) is 3.97. The van der Waals surface area contributed by atoms with E-state index in [2.05, 4.69) is 32.5 Å². The summed E-state index contributed by atoms with van der Waals surface area (Å²) in [4.78, 5) is 25.4. The normalized spacial score (nSPS) is 15.9. The number of anilines is 1. The van der Waals surface area contributed by atoms with E-state index in [9.17, 15) is 4.79 Å². The molecule has 0 aliphatic carbocycles. The number of carbonyl (C=O) groups excluding carboxylic acids is 1. The predicted octanol–water partition coefficient (Wildman–Crippen LogP) is 4.72. The van der Waals surface area contributed by atoms with Gasteiger partial charge in [-0.1, -0.05) is 11.6 Å². The van der Waals surface area contributed by atoms with Crippen molar-refractivity contribution in [2.45, 2.75) is 45.3 Å². The predicted molar refractivity (Wildman–Crippen MR) is 116 cm³/mol. The van der Waals surface area contributed by atoms with Crippen LogP contribution in [-0.4, -0.2) is 52.7 Å². The zero-order valence-corrected chi connectivity index (χ0v) is 18.9. The lowest BCUT2D eigenvalue weighted by molar-refractivity contribution is 0.0201. The molecule has 2 aromatic rings. The lowest BCUT2D eigenvalue weighted by Crippen LogP contribution is -2.47. The van der Waals surface area contributed by atoms with Crippen LogP contribution in [0, 0.1) is 3.57 Å².